The number of anilines is 1. The normalized spacial score (nSPS) is 10.8. The van der Waals surface area contributed by atoms with Crippen molar-refractivity contribution in [2.75, 3.05) is 5.73 Å². The molecule has 0 atom stereocenters. The summed E-state index contributed by atoms with van der Waals surface area (Å²) < 4.78 is 0. The number of pyridine rings is 1. The molecule has 17 heavy (non-hydrogen) atoms. The van der Waals surface area contributed by atoms with Gasteiger partial charge in [0.05, 0.1) is 0 Å². The number of thiazole rings is 1. The molecule has 0 amide bonds. The van der Waals surface area contributed by atoms with E-state index in [2.05, 4.69) is 28.2 Å². The first-order chi connectivity index (χ1) is 8.33. The minimum atomic E-state index is 0.623. The molecule has 1 aromatic carbocycles. The molecule has 3 nitrogen and oxygen atoms in total. The summed E-state index contributed by atoms with van der Waals surface area (Å²) >= 11 is 1.54. The number of fused-ring (bicyclic) bond motifs is 1. The summed E-state index contributed by atoms with van der Waals surface area (Å²) in [4.78, 5) is 9.44. The molecule has 0 aliphatic heterocycles. The predicted octanol–water partition coefficient (Wildman–Crippen LogP) is 2.86. The van der Waals surface area contributed by atoms with Crippen molar-refractivity contribution in [1.82, 2.24) is 9.97 Å². The first kappa shape index (κ1) is 10.2. The Hall–Kier alpha value is -1.94. The molecule has 3 aromatic rings. The summed E-state index contributed by atoms with van der Waals surface area (Å²) in [6, 6.07) is 8.32. The molecular weight excluding hydrogens is 230 g/mol. The third-order valence-electron chi connectivity index (χ3n) is 2.71. The smallest absolute Gasteiger partial charge is 0.180 e. The van der Waals surface area contributed by atoms with Gasteiger partial charge in [0.25, 0.3) is 0 Å². The average molecular weight is 241 g/mol. The zero-order chi connectivity index (χ0) is 11.7. The molecule has 2 heterocycles. The Morgan fingerprint density at radius 3 is 2.94 bits per heavy atom. The summed E-state index contributed by atoms with van der Waals surface area (Å²) in [6.07, 6.45) is 6.43. The molecule has 0 radical (unpaired) electrons. The molecule has 0 aliphatic carbocycles. The highest BCUT2D eigenvalue weighted by Crippen LogP contribution is 2.23. The van der Waals surface area contributed by atoms with Gasteiger partial charge in [-0.1, -0.05) is 18.2 Å². The highest BCUT2D eigenvalue weighted by molar-refractivity contribution is 7.15. The fourth-order valence-electron chi connectivity index (χ4n) is 1.92. The average Bonchev–Trinajstić information content (AvgIpc) is 2.75. The van der Waals surface area contributed by atoms with E-state index in [-0.39, 0.29) is 0 Å². The van der Waals surface area contributed by atoms with Crippen molar-refractivity contribution < 1.29 is 0 Å². The molecule has 84 valence electrons. The lowest BCUT2D eigenvalue weighted by molar-refractivity contribution is 1.23. The Balaban J connectivity index is 2.05. The molecule has 2 N–H and O–H groups in total. The van der Waals surface area contributed by atoms with Gasteiger partial charge in [0, 0.05) is 35.3 Å². The fourth-order valence-corrected chi connectivity index (χ4v) is 2.63. The topological polar surface area (TPSA) is 51.8 Å². The third-order valence-corrected chi connectivity index (χ3v) is 3.54. The molecule has 0 spiro atoms. The van der Waals surface area contributed by atoms with Gasteiger partial charge in [0.2, 0.25) is 0 Å². The van der Waals surface area contributed by atoms with Crippen LogP contribution in [0.3, 0.4) is 0 Å². The van der Waals surface area contributed by atoms with Crippen molar-refractivity contribution in [3.63, 3.8) is 0 Å². The van der Waals surface area contributed by atoms with Crippen molar-refractivity contribution >= 4 is 27.2 Å². The molecule has 0 unspecified atom stereocenters. The number of rotatable bonds is 2. The Morgan fingerprint density at radius 2 is 2.12 bits per heavy atom. The van der Waals surface area contributed by atoms with Crippen LogP contribution in [0.15, 0.2) is 42.9 Å². The van der Waals surface area contributed by atoms with Gasteiger partial charge in [-0.05, 0) is 17.0 Å². The van der Waals surface area contributed by atoms with Crippen LogP contribution in [0, 0.1) is 0 Å². The van der Waals surface area contributed by atoms with Crippen LogP contribution in [0.25, 0.3) is 10.8 Å². The van der Waals surface area contributed by atoms with Crippen LogP contribution in [-0.2, 0) is 6.42 Å². The van der Waals surface area contributed by atoms with Crippen LogP contribution in [-0.4, -0.2) is 9.97 Å². The summed E-state index contributed by atoms with van der Waals surface area (Å²) in [5, 5.41) is 3.04. The van der Waals surface area contributed by atoms with E-state index < -0.39 is 0 Å². The Kier molecular flexibility index (Phi) is 2.49. The summed E-state index contributed by atoms with van der Waals surface area (Å²) in [5.41, 5.74) is 6.90. The number of nitrogen functional groups attached to an aromatic ring is 1. The van der Waals surface area contributed by atoms with Gasteiger partial charge in [-0.25, -0.2) is 4.98 Å². The van der Waals surface area contributed by atoms with Crippen molar-refractivity contribution in [3.05, 3.63) is 53.3 Å². The van der Waals surface area contributed by atoms with Gasteiger partial charge in [0.15, 0.2) is 5.13 Å². The Morgan fingerprint density at radius 1 is 1.18 bits per heavy atom. The second-order valence-electron chi connectivity index (χ2n) is 3.86. The number of hydrogen-bond acceptors (Lipinski definition) is 4. The maximum absolute atomic E-state index is 5.64. The molecule has 0 aliphatic rings. The molecular formula is C13H11N3S. The lowest BCUT2D eigenvalue weighted by Gasteiger charge is -2.03. The SMILES string of the molecule is Nc1ncc(Cc2cccc3ccncc23)s1. The van der Waals surface area contributed by atoms with E-state index in [0.29, 0.717) is 5.13 Å². The van der Waals surface area contributed by atoms with Crippen LogP contribution < -0.4 is 5.73 Å². The molecule has 0 bridgehead atoms. The van der Waals surface area contributed by atoms with Gasteiger partial charge in [-0.15, -0.1) is 11.3 Å². The van der Waals surface area contributed by atoms with Gasteiger partial charge in [-0.3, -0.25) is 4.98 Å². The van der Waals surface area contributed by atoms with Crippen molar-refractivity contribution in [2.24, 2.45) is 0 Å². The lowest BCUT2D eigenvalue weighted by Crippen LogP contribution is -1.87. The van der Waals surface area contributed by atoms with E-state index in [1.807, 2.05) is 24.7 Å². The quantitative estimate of drug-likeness (QED) is 0.750. The Bertz CT molecular complexity index is 655. The molecule has 0 fully saturated rings. The number of hydrogen-bond donors (Lipinski definition) is 1. The van der Waals surface area contributed by atoms with Crippen LogP contribution in [0.1, 0.15) is 10.4 Å². The monoisotopic (exact) mass is 241 g/mol. The maximum Gasteiger partial charge on any atom is 0.180 e. The highest BCUT2D eigenvalue weighted by Gasteiger charge is 2.04. The zero-order valence-electron chi connectivity index (χ0n) is 9.13. The second kappa shape index (κ2) is 4.14. The second-order valence-corrected chi connectivity index (χ2v) is 5.00. The summed E-state index contributed by atoms with van der Waals surface area (Å²) in [6.45, 7) is 0. The molecule has 2 aromatic heterocycles. The van der Waals surface area contributed by atoms with Crippen molar-refractivity contribution in [3.8, 4) is 0 Å². The fraction of sp³-hybridized carbons (Fsp3) is 0.0769. The predicted molar refractivity (Wildman–Crippen MR) is 71.1 cm³/mol. The number of nitrogens with zero attached hydrogens (tertiary/aromatic N) is 2. The lowest BCUT2D eigenvalue weighted by atomic mass is 10.0. The van der Waals surface area contributed by atoms with Crippen molar-refractivity contribution in [1.29, 1.82) is 0 Å². The van der Waals surface area contributed by atoms with E-state index in [1.54, 1.807) is 0 Å². The number of nitrogens with two attached hydrogens (primary N) is 1. The largest absolute Gasteiger partial charge is 0.375 e. The molecule has 0 saturated heterocycles. The standard InChI is InChI=1S/C13H11N3S/c14-13-16-7-11(17-13)6-10-3-1-2-9-4-5-15-8-12(9)10/h1-5,7-8H,6H2,(H2,14,16). The van der Waals surface area contributed by atoms with Crippen LogP contribution in [0.2, 0.25) is 0 Å². The highest BCUT2D eigenvalue weighted by atomic mass is 32.1. The number of benzene rings is 1. The zero-order valence-corrected chi connectivity index (χ0v) is 9.95. The van der Waals surface area contributed by atoms with Crippen LogP contribution >= 0.6 is 11.3 Å². The van der Waals surface area contributed by atoms with Crippen molar-refractivity contribution in [2.45, 2.75) is 6.42 Å². The van der Waals surface area contributed by atoms with Gasteiger partial charge >= 0.3 is 0 Å². The molecule has 4 heteroatoms. The van der Waals surface area contributed by atoms with E-state index in [0.717, 1.165) is 6.42 Å². The first-order valence-electron chi connectivity index (χ1n) is 5.35. The minimum absolute atomic E-state index is 0.623. The molecule has 3 rings (SSSR count). The third kappa shape index (κ3) is 1.99. The Labute approximate surface area is 103 Å². The maximum atomic E-state index is 5.64. The van der Waals surface area contributed by atoms with E-state index in [9.17, 15) is 0 Å². The van der Waals surface area contributed by atoms with Gasteiger partial charge in [-0.2, -0.15) is 0 Å². The van der Waals surface area contributed by atoms with Crippen LogP contribution in [0.4, 0.5) is 5.13 Å². The van der Waals surface area contributed by atoms with E-state index in [1.165, 1.54) is 32.5 Å². The molecule has 0 saturated carbocycles. The summed E-state index contributed by atoms with van der Waals surface area (Å²) in [7, 11) is 0. The van der Waals surface area contributed by atoms with Gasteiger partial charge in [0.1, 0.15) is 0 Å². The minimum Gasteiger partial charge on any atom is -0.375 e. The first-order valence-corrected chi connectivity index (χ1v) is 6.16. The van der Waals surface area contributed by atoms with Crippen LogP contribution in [0.5, 0.6) is 0 Å². The number of aromatic nitrogens is 2. The van der Waals surface area contributed by atoms with Gasteiger partial charge < -0.3 is 5.73 Å². The van der Waals surface area contributed by atoms with E-state index >= 15 is 0 Å². The summed E-state index contributed by atoms with van der Waals surface area (Å²) in [5.74, 6) is 0. The van der Waals surface area contributed by atoms with E-state index in [4.69, 9.17) is 5.73 Å².